The Bertz CT molecular complexity index is 1750. The minimum Gasteiger partial charge on any atom is -0.461 e. The Morgan fingerprint density at radius 3 is 1.69 bits per heavy atom. The van der Waals surface area contributed by atoms with Gasteiger partial charge in [0, 0.05) is 0 Å². The Kier molecular flexibility index (Phi) is 11.4. The second kappa shape index (κ2) is 16.7. The second-order valence-corrected chi connectivity index (χ2v) is 11.4. The second-order valence-electron chi connectivity index (χ2n) is 11.4. The van der Waals surface area contributed by atoms with Gasteiger partial charge in [0.2, 0.25) is 6.29 Å². The Hall–Kier alpha value is -5.32. The summed E-state index contributed by atoms with van der Waals surface area (Å²) >= 11 is 0. The van der Waals surface area contributed by atoms with Gasteiger partial charge in [-0.2, -0.15) is 0 Å². The molecule has 1 aliphatic rings. The predicted octanol–water partition coefficient (Wildman–Crippen LogP) is 6.40. The Morgan fingerprint density at radius 1 is 0.592 bits per heavy atom. The Labute approximate surface area is 284 Å². The first kappa shape index (κ1) is 33.6. The van der Waals surface area contributed by atoms with Gasteiger partial charge >= 0.3 is 11.9 Å². The van der Waals surface area contributed by atoms with E-state index in [4.69, 9.17) is 28.4 Å². The summed E-state index contributed by atoms with van der Waals surface area (Å²) in [6, 6.07) is 42.7. The normalized spacial score (nSPS) is 20.2. The fourth-order valence-corrected chi connectivity index (χ4v) is 5.30. The highest BCUT2D eigenvalue weighted by Gasteiger charge is 2.50. The van der Waals surface area contributed by atoms with Crippen molar-refractivity contribution in [2.45, 2.75) is 43.9 Å². The SMILES string of the molecule is O=C(Oc1ccc(OC2O[C@H](COCc3ccccc3)[C@H](O)[C@H](OCc3ccccc3)[C@H]2OC(=O)c2ccccc2)cc1)c1ccccc1. The van der Waals surface area contributed by atoms with E-state index in [0.29, 0.717) is 29.2 Å². The zero-order valence-corrected chi connectivity index (χ0v) is 26.6. The van der Waals surface area contributed by atoms with Crippen LogP contribution in [0.2, 0.25) is 0 Å². The first-order chi connectivity index (χ1) is 24.0. The van der Waals surface area contributed by atoms with Crippen LogP contribution in [0.5, 0.6) is 11.5 Å². The lowest BCUT2D eigenvalue weighted by atomic mass is 9.98. The van der Waals surface area contributed by atoms with Gasteiger partial charge < -0.3 is 33.5 Å². The van der Waals surface area contributed by atoms with E-state index in [1.54, 1.807) is 78.9 Å². The van der Waals surface area contributed by atoms with Crippen molar-refractivity contribution in [3.63, 3.8) is 0 Å². The molecule has 0 amide bonds. The Balaban J connectivity index is 1.24. The van der Waals surface area contributed by atoms with Crippen LogP contribution >= 0.6 is 0 Å². The van der Waals surface area contributed by atoms with Crippen LogP contribution < -0.4 is 9.47 Å². The molecule has 0 radical (unpaired) electrons. The van der Waals surface area contributed by atoms with Gasteiger partial charge in [0.1, 0.15) is 29.8 Å². The number of benzene rings is 5. The molecule has 0 spiro atoms. The van der Waals surface area contributed by atoms with Crippen molar-refractivity contribution in [2.24, 2.45) is 0 Å². The number of aliphatic hydroxyl groups is 1. The molecule has 1 unspecified atom stereocenters. The number of rotatable bonds is 13. The number of carbonyl (C=O) groups excluding carboxylic acids is 2. The van der Waals surface area contributed by atoms with Crippen LogP contribution in [0.15, 0.2) is 146 Å². The molecule has 250 valence electrons. The average molecular weight is 661 g/mol. The largest absolute Gasteiger partial charge is 0.461 e. The molecule has 1 aliphatic heterocycles. The van der Waals surface area contributed by atoms with Crippen molar-refractivity contribution in [3.05, 3.63) is 168 Å². The van der Waals surface area contributed by atoms with Crippen molar-refractivity contribution in [3.8, 4) is 11.5 Å². The quantitative estimate of drug-likeness (QED) is 0.113. The van der Waals surface area contributed by atoms with Crippen LogP contribution in [0.1, 0.15) is 31.8 Å². The lowest BCUT2D eigenvalue weighted by Crippen LogP contribution is -2.62. The van der Waals surface area contributed by atoms with Crippen molar-refractivity contribution in [2.75, 3.05) is 6.61 Å². The highest BCUT2D eigenvalue weighted by molar-refractivity contribution is 5.91. The van der Waals surface area contributed by atoms with Gasteiger partial charge in [-0.25, -0.2) is 9.59 Å². The fraction of sp³-hybridized carbons (Fsp3) is 0.200. The number of carbonyl (C=O) groups is 2. The number of hydrogen-bond acceptors (Lipinski definition) is 9. The predicted molar refractivity (Wildman–Crippen MR) is 180 cm³/mol. The number of esters is 2. The summed E-state index contributed by atoms with van der Waals surface area (Å²) in [5, 5.41) is 11.6. The molecule has 5 atom stereocenters. The smallest absolute Gasteiger partial charge is 0.343 e. The lowest BCUT2D eigenvalue weighted by Gasteiger charge is -2.43. The summed E-state index contributed by atoms with van der Waals surface area (Å²) in [6.45, 7) is 0.437. The molecular weight excluding hydrogens is 624 g/mol. The minimum absolute atomic E-state index is 0.00877. The summed E-state index contributed by atoms with van der Waals surface area (Å²) in [5.74, 6) is -0.481. The van der Waals surface area contributed by atoms with Gasteiger partial charge in [0.15, 0.2) is 6.10 Å². The monoisotopic (exact) mass is 660 g/mol. The van der Waals surface area contributed by atoms with Crippen LogP contribution in [0.25, 0.3) is 0 Å². The van der Waals surface area contributed by atoms with E-state index >= 15 is 0 Å². The molecule has 0 saturated carbocycles. The third-order valence-electron chi connectivity index (χ3n) is 7.85. The summed E-state index contributed by atoms with van der Waals surface area (Å²) in [4.78, 5) is 25.9. The summed E-state index contributed by atoms with van der Waals surface area (Å²) in [6.07, 6.45) is -5.59. The Morgan fingerprint density at radius 2 is 1.10 bits per heavy atom. The summed E-state index contributed by atoms with van der Waals surface area (Å²) in [7, 11) is 0. The van der Waals surface area contributed by atoms with E-state index in [2.05, 4.69) is 0 Å². The molecule has 49 heavy (non-hydrogen) atoms. The van der Waals surface area contributed by atoms with E-state index in [1.807, 2.05) is 66.7 Å². The van der Waals surface area contributed by atoms with Crippen LogP contribution in [0.3, 0.4) is 0 Å². The third-order valence-corrected chi connectivity index (χ3v) is 7.85. The summed E-state index contributed by atoms with van der Waals surface area (Å²) < 4.78 is 36.3. The molecule has 0 aliphatic carbocycles. The van der Waals surface area contributed by atoms with Crippen LogP contribution in [-0.2, 0) is 32.2 Å². The minimum atomic E-state index is -1.24. The number of aliphatic hydroxyl groups excluding tert-OH is 1. The van der Waals surface area contributed by atoms with Gasteiger partial charge in [-0.1, -0.05) is 97.1 Å². The molecule has 0 aromatic heterocycles. The van der Waals surface area contributed by atoms with Crippen molar-refractivity contribution >= 4 is 11.9 Å². The van der Waals surface area contributed by atoms with Crippen molar-refractivity contribution < 1.29 is 43.1 Å². The molecule has 1 saturated heterocycles. The van der Waals surface area contributed by atoms with E-state index in [0.717, 1.165) is 11.1 Å². The fourth-order valence-electron chi connectivity index (χ4n) is 5.30. The molecular formula is C40H36O9. The standard InChI is InChI=1S/C40H36O9/c41-35-34(27-44-25-28-13-5-1-6-14-28)48-40(47-33-23-21-32(22-24-33)46-38(42)30-17-9-3-10-18-30)37(49-39(43)31-19-11-4-12-20-31)36(35)45-26-29-15-7-2-8-16-29/h1-24,34-37,40-41H,25-27H2/t34-,35+,36+,37-,40?/m1/s1. The molecule has 9 nitrogen and oxygen atoms in total. The lowest BCUT2D eigenvalue weighted by molar-refractivity contribution is -0.289. The zero-order valence-electron chi connectivity index (χ0n) is 26.6. The number of hydrogen-bond donors (Lipinski definition) is 1. The van der Waals surface area contributed by atoms with E-state index in [-0.39, 0.29) is 13.2 Å². The van der Waals surface area contributed by atoms with Gasteiger partial charge in [-0.3, -0.25) is 0 Å². The third kappa shape index (κ3) is 9.19. The molecule has 9 heteroatoms. The average Bonchev–Trinajstić information content (AvgIpc) is 3.15. The maximum atomic E-state index is 13.4. The highest BCUT2D eigenvalue weighted by Crippen LogP contribution is 2.31. The van der Waals surface area contributed by atoms with Crippen molar-refractivity contribution in [1.82, 2.24) is 0 Å². The molecule has 6 rings (SSSR count). The van der Waals surface area contributed by atoms with Gasteiger partial charge in [0.25, 0.3) is 0 Å². The molecule has 0 bridgehead atoms. The maximum Gasteiger partial charge on any atom is 0.343 e. The molecule has 1 fully saturated rings. The highest BCUT2D eigenvalue weighted by atomic mass is 16.7. The molecule has 1 N–H and O–H groups in total. The van der Waals surface area contributed by atoms with E-state index in [1.165, 1.54) is 0 Å². The van der Waals surface area contributed by atoms with Crippen LogP contribution in [-0.4, -0.2) is 54.4 Å². The summed E-state index contributed by atoms with van der Waals surface area (Å²) in [5.41, 5.74) is 2.56. The van der Waals surface area contributed by atoms with Crippen LogP contribution in [0, 0.1) is 0 Å². The van der Waals surface area contributed by atoms with Gasteiger partial charge in [-0.15, -0.1) is 0 Å². The first-order valence-electron chi connectivity index (χ1n) is 15.9. The van der Waals surface area contributed by atoms with Gasteiger partial charge in [0.05, 0.1) is 30.9 Å². The number of ether oxygens (including phenoxy) is 6. The molecule has 5 aromatic carbocycles. The maximum absolute atomic E-state index is 13.4. The zero-order chi connectivity index (χ0) is 33.8. The van der Waals surface area contributed by atoms with Crippen molar-refractivity contribution in [1.29, 1.82) is 0 Å². The molecule has 5 aromatic rings. The van der Waals surface area contributed by atoms with Crippen LogP contribution in [0.4, 0.5) is 0 Å². The molecule has 1 heterocycles. The first-order valence-corrected chi connectivity index (χ1v) is 15.9. The van der Waals surface area contributed by atoms with E-state index < -0.39 is 42.6 Å². The topological polar surface area (TPSA) is 110 Å². The van der Waals surface area contributed by atoms with E-state index in [9.17, 15) is 14.7 Å². The van der Waals surface area contributed by atoms with Gasteiger partial charge in [-0.05, 0) is 59.7 Å².